The Hall–Kier alpha value is -3.26. The minimum Gasteiger partial charge on any atom is -0.481 e. The highest BCUT2D eigenvalue weighted by molar-refractivity contribution is 5.95. The largest absolute Gasteiger partial charge is 0.481 e. The number of carbonyl (C=O) groups is 6. The molecule has 0 rings (SSSR count). The zero-order chi connectivity index (χ0) is 23.6. The molecule has 0 aliphatic carbocycles. The maximum absolute atomic E-state index is 12.5. The molecule has 10 N–H and O–H groups in total. The number of hydrogen-bond donors (Lipinski definition) is 8. The highest BCUT2D eigenvalue weighted by Crippen LogP contribution is 2.03. The number of carboxylic acid groups (broad SMARTS) is 2. The fraction of sp³-hybridized carbons (Fsp3) is 0.625. The third-order valence-electron chi connectivity index (χ3n) is 3.78. The van der Waals surface area contributed by atoms with Crippen LogP contribution >= 0.6 is 0 Å². The van der Waals surface area contributed by atoms with Gasteiger partial charge in [-0.1, -0.05) is 0 Å². The molecule has 30 heavy (non-hydrogen) atoms. The first-order valence-corrected chi connectivity index (χ1v) is 8.83. The number of rotatable bonds is 13. The molecule has 0 heterocycles. The summed E-state index contributed by atoms with van der Waals surface area (Å²) in [6.07, 6.45) is -2.98. The lowest BCUT2D eigenvalue weighted by Gasteiger charge is -2.26. The summed E-state index contributed by atoms with van der Waals surface area (Å²) in [5, 5.41) is 33.9. The van der Waals surface area contributed by atoms with Crippen LogP contribution in [0.2, 0.25) is 0 Å². The van der Waals surface area contributed by atoms with Crippen molar-refractivity contribution in [3.63, 3.8) is 0 Å². The Morgan fingerprint density at radius 1 is 0.867 bits per heavy atom. The van der Waals surface area contributed by atoms with Crippen molar-refractivity contribution in [3.05, 3.63) is 0 Å². The number of primary amides is 1. The van der Waals surface area contributed by atoms with Gasteiger partial charge in [0.2, 0.25) is 23.6 Å². The Bertz CT molecular complexity index is 680. The standard InChI is InChI=1S/C16H27N5O9/c1-6(17)13(26)19-8(3-4-10(18)23)14(27)21-12(7(2)22)15(28)20-9(16(29)30)5-11(24)25/h6-9,12,22H,3-5,17H2,1-2H3,(H2,18,23)(H,19,26)(H,20,28)(H,21,27)(H,24,25)(H,29,30). The smallest absolute Gasteiger partial charge is 0.326 e. The monoisotopic (exact) mass is 433 g/mol. The van der Waals surface area contributed by atoms with Crippen molar-refractivity contribution < 1.29 is 44.1 Å². The summed E-state index contributed by atoms with van der Waals surface area (Å²) in [6.45, 7) is 2.47. The summed E-state index contributed by atoms with van der Waals surface area (Å²) < 4.78 is 0. The van der Waals surface area contributed by atoms with Crippen LogP contribution in [0.25, 0.3) is 0 Å². The summed E-state index contributed by atoms with van der Waals surface area (Å²) >= 11 is 0. The van der Waals surface area contributed by atoms with Gasteiger partial charge in [-0.2, -0.15) is 0 Å². The van der Waals surface area contributed by atoms with E-state index in [1.54, 1.807) is 0 Å². The average Bonchev–Trinajstić information content (AvgIpc) is 2.60. The fourth-order valence-electron chi connectivity index (χ4n) is 2.15. The maximum Gasteiger partial charge on any atom is 0.326 e. The summed E-state index contributed by atoms with van der Waals surface area (Å²) in [7, 11) is 0. The first-order chi connectivity index (χ1) is 13.8. The number of aliphatic hydroxyl groups excluding tert-OH is 1. The van der Waals surface area contributed by atoms with Crippen LogP contribution in [-0.4, -0.2) is 81.2 Å². The van der Waals surface area contributed by atoms with E-state index in [0.717, 1.165) is 6.92 Å². The third-order valence-corrected chi connectivity index (χ3v) is 3.78. The van der Waals surface area contributed by atoms with Crippen LogP contribution in [-0.2, 0) is 28.8 Å². The van der Waals surface area contributed by atoms with E-state index in [9.17, 15) is 33.9 Å². The van der Waals surface area contributed by atoms with Crippen molar-refractivity contribution in [2.24, 2.45) is 11.5 Å². The first kappa shape index (κ1) is 26.7. The highest BCUT2D eigenvalue weighted by atomic mass is 16.4. The van der Waals surface area contributed by atoms with Gasteiger partial charge >= 0.3 is 11.9 Å². The molecular weight excluding hydrogens is 406 g/mol. The summed E-state index contributed by atoms with van der Waals surface area (Å²) in [5.74, 6) is -6.76. The molecule has 4 amide bonds. The summed E-state index contributed by atoms with van der Waals surface area (Å²) in [6, 6.07) is -5.82. The molecule has 14 nitrogen and oxygen atoms in total. The first-order valence-electron chi connectivity index (χ1n) is 8.83. The zero-order valence-corrected chi connectivity index (χ0v) is 16.5. The van der Waals surface area contributed by atoms with Crippen molar-refractivity contribution in [2.45, 2.75) is 63.4 Å². The van der Waals surface area contributed by atoms with Crippen molar-refractivity contribution >= 4 is 35.6 Å². The van der Waals surface area contributed by atoms with E-state index in [1.807, 2.05) is 5.32 Å². The van der Waals surface area contributed by atoms with Gasteiger partial charge in [0.25, 0.3) is 0 Å². The van der Waals surface area contributed by atoms with Crippen LogP contribution in [0.15, 0.2) is 0 Å². The van der Waals surface area contributed by atoms with Gasteiger partial charge in [0.1, 0.15) is 18.1 Å². The lowest BCUT2D eigenvalue weighted by molar-refractivity contribution is -0.148. The Morgan fingerprint density at radius 3 is 1.80 bits per heavy atom. The third kappa shape index (κ3) is 9.79. The van der Waals surface area contributed by atoms with Crippen LogP contribution in [0.5, 0.6) is 0 Å². The van der Waals surface area contributed by atoms with E-state index in [2.05, 4.69) is 10.6 Å². The minimum absolute atomic E-state index is 0.232. The number of nitrogens with two attached hydrogens (primary N) is 2. The normalized spacial score (nSPS) is 15.6. The second-order valence-corrected chi connectivity index (χ2v) is 6.58. The molecule has 0 spiro atoms. The lowest BCUT2D eigenvalue weighted by atomic mass is 10.1. The van der Waals surface area contributed by atoms with Gasteiger partial charge in [-0.3, -0.25) is 24.0 Å². The minimum atomic E-state index is -1.81. The molecule has 0 aliphatic heterocycles. The number of carboxylic acids is 2. The van der Waals surface area contributed by atoms with E-state index in [0.29, 0.717) is 0 Å². The highest BCUT2D eigenvalue weighted by Gasteiger charge is 2.33. The molecule has 0 saturated carbocycles. The van der Waals surface area contributed by atoms with E-state index >= 15 is 0 Å². The van der Waals surface area contributed by atoms with Gasteiger partial charge in [-0.15, -0.1) is 0 Å². The lowest BCUT2D eigenvalue weighted by Crippen LogP contribution is -2.59. The van der Waals surface area contributed by atoms with Gasteiger partial charge < -0.3 is 42.7 Å². The Morgan fingerprint density at radius 2 is 1.40 bits per heavy atom. The van der Waals surface area contributed by atoms with Crippen LogP contribution < -0.4 is 27.4 Å². The molecule has 170 valence electrons. The zero-order valence-electron chi connectivity index (χ0n) is 16.5. The van der Waals surface area contributed by atoms with Gasteiger partial charge in [0.05, 0.1) is 18.6 Å². The molecule has 0 aliphatic rings. The summed E-state index contributed by atoms with van der Waals surface area (Å²) in [4.78, 5) is 69.4. The van der Waals surface area contributed by atoms with Crippen molar-refractivity contribution in [1.82, 2.24) is 16.0 Å². The number of nitrogens with one attached hydrogen (secondary N) is 3. The average molecular weight is 433 g/mol. The molecule has 14 heteroatoms. The number of hydrogen-bond acceptors (Lipinski definition) is 8. The molecule has 0 aromatic rings. The summed E-state index contributed by atoms with van der Waals surface area (Å²) in [5.41, 5.74) is 10.5. The van der Waals surface area contributed by atoms with E-state index in [1.165, 1.54) is 6.92 Å². The van der Waals surface area contributed by atoms with Gasteiger partial charge in [0, 0.05) is 6.42 Å². The maximum atomic E-state index is 12.5. The molecule has 5 unspecified atom stereocenters. The van der Waals surface area contributed by atoms with Crippen LogP contribution in [0.1, 0.15) is 33.1 Å². The number of aliphatic carboxylic acids is 2. The Kier molecular flexibility index (Phi) is 11.0. The molecule has 0 aromatic carbocycles. The SMILES string of the molecule is CC(N)C(=O)NC(CCC(N)=O)C(=O)NC(C(=O)NC(CC(=O)O)C(=O)O)C(C)O. The van der Waals surface area contributed by atoms with Gasteiger partial charge in [-0.05, 0) is 20.3 Å². The molecule has 0 saturated heterocycles. The fourth-order valence-corrected chi connectivity index (χ4v) is 2.15. The van der Waals surface area contributed by atoms with Crippen molar-refractivity contribution in [1.29, 1.82) is 0 Å². The van der Waals surface area contributed by atoms with Gasteiger partial charge in [0.15, 0.2) is 0 Å². The van der Waals surface area contributed by atoms with E-state index in [-0.39, 0.29) is 12.8 Å². The molecule has 0 fully saturated rings. The number of aliphatic hydroxyl groups is 1. The predicted molar refractivity (Wildman–Crippen MR) is 99.4 cm³/mol. The van der Waals surface area contributed by atoms with Crippen LogP contribution in [0, 0.1) is 0 Å². The molecular formula is C16H27N5O9. The predicted octanol–water partition coefficient (Wildman–Crippen LogP) is -4.01. The van der Waals surface area contributed by atoms with Crippen LogP contribution in [0.4, 0.5) is 0 Å². The number of amides is 4. The molecule has 0 radical (unpaired) electrons. The second kappa shape index (κ2) is 12.3. The van der Waals surface area contributed by atoms with Crippen molar-refractivity contribution in [3.8, 4) is 0 Å². The van der Waals surface area contributed by atoms with Crippen LogP contribution in [0.3, 0.4) is 0 Å². The Balaban J connectivity index is 5.40. The Labute approximate surface area is 171 Å². The topological polar surface area (TPSA) is 251 Å². The molecule has 5 atom stereocenters. The molecule has 0 aromatic heterocycles. The number of carbonyl (C=O) groups excluding carboxylic acids is 4. The molecule has 0 bridgehead atoms. The van der Waals surface area contributed by atoms with Gasteiger partial charge in [-0.25, -0.2) is 4.79 Å². The van der Waals surface area contributed by atoms with E-state index < -0.39 is 72.3 Å². The van der Waals surface area contributed by atoms with Crippen molar-refractivity contribution in [2.75, 3.05) is 0 Å². The quantitative estimate of drug-likeness (QED) is 0.140. The van der Waals surface area contributed by atoms with E-state index in [4.69, 9.17) is 21.7 Å². The second-order valence-electron chi connectivity index (χ2n) is 6.58.